The average Bonchev–Trinajstić information content (AvgIpc) is 2.65. The lowest BCUT2D eigenvalue weighted by Crippen LogP contribution is -2.36. The molecule has 3 atom stereocenters. The summed E-state index contributed by atoms with van der Waals surface area (Å²) >= 11 is 0. The fourth-order valence-electron chi connectivity index (χ4n) is 2.33. The highest BCUT2D eigenvalue weighted by Gasteiger charge is 2.37. The molecule has 0 aliphatic heterocycles. The van der Waals surface area contributed by atoms with Crippen molar-refractivity contribution in [2.75, 3.05) is 6.61 Å². The van der Waals surface area contributed by atoms with Crippen molar-refractivity contribution in [3.63, 3.8) is 0 Å². The van der Waals surface area contributed by atoms with Crippen molar-refractivity contribution in [1.29, 1.82) is 0 Å². The Morgan fingerprint density at radius 3 is 2.82 bits per heavy atom. The van der Waals surface area contributed by atoms with Crippen LogP contribution in [0, 0.1) is 12.8 Å². The van der Waals surface area contributed by atoms with Gasteiger partial charge in [0.05, 0.1) is 6.04 Å². The molecule has 0 radical (unpaired) electrons. The predicted octanol–water partition coefficient (Wildman–Crippen LogP) is 0.127. The van der Waals surface area contributed by atoms with Crippen molar-refractivity contribution in [1.82, 2.24) is 9.55 Å². The largest absolute Gasteiger partial charge is 0.396 e. The highest BCUT2D eigenvalue weighted by atomic mass is 19.1. The maximum atomic E-state index is 13.9. The molecular weight excluding hydrogens is 227 g/mol. The summed E-state index contributed by atoms with van der Waals surface area (Å²) in [7, 11) is 0. The maximum absolute atomic E-state index is 13.9. The fourth-order valence-corrected chi connectivity index (χ4v) is 2.33. The molecule has 0 unspecified atom stereocenters. The molecule has 94 valence electrons. The second-order valence-corrected chi connectivity index (χ2v) is 4.51. The Hall–Kier alpha value is -1.43. The minimum Gasteiger partial charge on any atom is -0.396 e. The molecule has 17 heavy (non-hydrogen) atoms. The molecule has 1 aromatic heterocycles. The number of aromatic nitrogens is 2. The van der Waals surface area contributed by atoms with Gasteiger partial charge in [-0.25, -0.2) is 9.18 Å². The first-order valence-corrected chi connectivity index (χ1v) is 5.61. The van der Waals surface area contributed by atoms with Crippen LogP contribution in [-0.2, 0) is 0 Å². The molecule has 1 aliphatic carbocycles. The number of aliphatic hydroxyl groups is 1. The zero-order chi connectivity index (χ0) is 12.6. The highest BCUT2D eigenvalue weighted by Crippen LogP contribution is 2.36. The molecule has 0 amide bonds. The Bertz CT molecular complexity index is 522. The number of hydrogen-bond acceptors (Lipinski definition) is 3. The smallest absolute Gasteiger partial charge is 0.328 e. The van der Waals surface area contributed by atoms with Crippen molar-refractivity contribution < 1.29 is 9.50 Å². The van der Waals surface area contributed by atoms with Crippen LogP contribution < -0.4 is 11.2 Å². The molecule has 0 spiro atoms. The Morgan fingerprint density at radius 1 is 1.53 bits per heavy atom. The Balaban J connectivity index is 2.39. The van der Waals surface area contributed by atoms with Gasteiger partial charge in [0, 0.05) is 24.3 Å². The minimum atomic E-state index is -1.25. The number of aromatic amines is 1. The zero-order valence-corrected chi connectivity index (χ0v) is 9.52. The number of halogens is 1. The second kappa shape index (κ2) is 4.44. The minimum absolute atomic E-state index is 0.214. The van der Waals surface area contributed by atoms with Crippen molar-refractivity contribution in [2.45, 2.75) is 32.0 Å². The third kappa shape index (κ3) is 2.04. The highest BCUT2D eigenvalue weighted by molar-refractivity contribution is 5.03. The molecule has 0 aromatic carbocycles. The van der Waals surface area contributed by atoms with Gasteiger partial charge in [0.1, 0.15) is 6.17 Å². The summed E-state index contributed by atoms with van der Waals surface area (Å²) in [5.74, 6) is -0.417. The number of nitrogens with zero attached hydrogens (tertiary/aromatic N) is 1. The van der Waals surface area contributed by atoms with Crippen molar-refractivity contribution in [3.05, 3.63) is 32.6 Å². The summed E-state index contributed by atoms with van der Waals surface area (Å²) in [6.45, 7) is 1.36. The summed E-state index contributed by atoms with van der Waals surface area (Å²) in [6, 6.07) is -0.588. The second-order valence-electron chi connectivity index (χ2n) is 4.51. The van der Waals surface area contributed by atoms with Crippen LogP contribution in [-0.4, -0.2) is 27.4 Å². The van der Waals surface area contributed by atoms with Crippen LogP contribution in [0.15, 0.2) is 15.8 Å². The lowest BCUT2D eigenvalue weighted by atomic mass is 10.1. The number of aliphatic hydroxyl groups excluding tert-OH is 1. The standard InChI is InChI=1S/C11H15FN2O3/c1-6-4-14(11(17)13-10(6)16)8-3-2-7(5-15)9(8)12/h4,7-9,15H,2-3,5H2,1H3,(H,13,16,17)/t7-,8-,9+/m0/s1. The summed E-state index contributed by atoms with van der Waals surface area (Å²) in [5.41, 5.74) is -0.658. The van der Waals surface area contributed by atoms with Gasteiger partial charge in [-0.3, -0.25) is 14.3 Å². The molecular formula is C11H15FN2O3. The van der Waals surface area contributed by atoms with Crippen molar-refractivity contribution in [2.24, 2.45) is 5.92 Å². The molecule has 1 aromatic rings. The monoisotopic (exact) mass is 242 g/mol. The van der Waals surface area contributed by atoms with Crippen molar-refractivity contribution >= 4 is 0 Å². The predicted molar refractivity (Wildman–Crippen MR) is 59.8 cm³/mol. The number of alkyl halides is 1. The van der Waals surface area contributed by atoms with E-state index in [9.17, 15) is 14.0 Å². The molecule has 1 fully saturated rings. The molecule has 1 saturated carbocycles. The van der Waals surface area contributed by atoms with Gasteiger partial charge in [-0.2, -0.15) is 0 Å². The Morgan fingerprint density at radius 2 is 2.24 bits per heavy atom. The molecule has 1 heterocycles. The summed E-state index contributed by atoms with van der Waals surface area (Å²) in [5, 5.41) is 8.98. The van der Waals surface area contributed by atoms with E-state index in [1.54, 1.807) is 6.92 Å². The zero-order valence-electron chi connectivity index (χ0n) is 9.52. The fraction of sp³-hybridized carbons (Fsp3) is 0.636. The molecule has 5 nitrogen and oxygen atoms in total. The van der Waals surface area contributed by atoms with E-state index < -0.39 is 29.4 Å². The molecule has 2 rings (SSSR count). The molecule has 1 aliphatic rings. The summed E-state index contributed by atoms with van der Waals surface area (Å²) < 4.78 is 15.2. The lowest BCUT2D eigenvalue weighted by molar-refractivity contribution is 0.139. The first-order chi connectivity index (χ1) is 8.04. The van der Waals surface area contributed by atoms with Crippen LogP contribution >= 0.6 is 0 Å². The first-order valence-electron chi connectivity index (χ1n) is 5.61. The van der Waals surface area contributed by atoms with Crippen LogP contribution in [0.25, 0.3) is 0 Å². The summed E-state index contributed by atoms with van der Waals surface area (Å²) in [4.78, 5) is 25.0. The van der Waals surface area contributed by atoms with Gasteiger partial charge in [0.25, 0.3) is 5.56 Å². The van der Waals surface area contributed by atoms with Gasteiger partial charge >= 0.3 is 5.69 Å². The van der Waals surface area contributed by atoms with Crippen molar-refractivity contribution in [3.8, 4) is 0 Å². The van der Waals surface area contributed by atoms with E-state index in [1.807, 2.05) is 0 Å². The first kappa shape index (κ1) is 12.0. The maximum Gasteiger partial charge on any atom is 0.328 e. The number of H-pyrrole nitrogens is 1. The van der Waals surface area contributed by atoms with Gasteiger partial charge in [0.2, 0.25) is 0 Å². The van der Waals surface area contributed by atoms with E-state index in [0.29, 0.717) is 18.4 Å². The van der Waals surface area contributed by atoms with E-state index in [1.165, 1.54) is 10.8 Å². The SMILES string of the molecule is Cc1cn([C@H]2CC[C@@H](CO)[C@H]2F)c(=O)[nH]c1=O. The summed E-state index contributed by atoms with van der Waals surface area (Å²) in [6.07, 6.45) is 1.19. The van der Waals surface area contributed by atoms with E-state index >= 15 is 0 Å². The third-order valence-electron chi connectivity index (χ3n) is 3.39. The quantitative estimate of drug-likeness (QED) is 0.773. The van der Waals surface area contributed by atoms with E-state index in [2.05, 4.69) is 4.98 Å². The molecule has 0 bridgehead atoms. The topological polar surface area (TPSA) is 75.1 Å². The average molecular weight is 242 g/mol. The number of rotatable bonds is 2. The third-order valence-corrected chi connectivity index (χ3v) is 3.39. The van der Waals surface area contributed by atoms with Gasteiger partial charge in [-0.1, -0.05) is 0 Å². The van der Waals surface area contributed by atoms with Gasteiger partial charge in [-0.15, -0.1) is 0 Å². The number of nitrogens with one attached hydrogen (secondary N) is 1. The van der Waals surface area contributed by atoms with E-state index in [4.69, 9.17) is 5.11 Å². The molecule has 6 heteroatoms. The molecule has 0 saturated heterocycles. The van der Waals surface area contributed by atoms with Crippen LogP contribution in [0.2, 0.25) is 0 Å². The Kier molecular flexibility index (Phi) is 3.15. The van der Waals surface area contributed by atoms with E-state index in [-0.39, 0.29) is 6.61 Å². The number of aryl methyl sites for hydroxylation is 1. The van der Waals surface area contributed by atoms with E-state index in [0.717, 1.165) is 0 Å². The Labute approximate surface area is 96.9 Å². The number of hydrogen-bond donors (Lipinski definition) is 2. The normalized spacial score (nSPS) is 28.5. The van der Waals surface area contributed by atoms with Gasteiger partial charge in [0.15, 0.2) is 0 Å². The lowest BCUT2D eigenvalue weighted by Gasteiger charge is -2.18. The van der Waals surface area contributed by atoms with Crippen LogP contribution in [0.3, 0.4) is 0 Å². The van der Waals surface area contributed by atoms with Crippen LogP contribution in [0.1, 0.15) is 24.4 Å². The van der Waals surface area contributed by atoms with Gasteiger partial charge < -0.3 is 5.11 Å². The van der Waals surface area contributed by atoms with Crippen LogP contribution in [0.4, 0.5) is 4.39 Å². The molecule has 2 N–H and O–H groups in total. The van der Waals surface area contributed by atoms with Gasteiger partial charge in [-0.05, 0) is 19.8 Å². The van der Waals surface area contributed by atoms with Crippen LogP contribution in [0.5, 0.6) is 0 Å².